The monoisotopic (exact) mass is 251 g/mol. The average molecular weight is 251 g/mol. The van der Waals surface area contributed by atoms with Crippen LogP contribution < -0.4 is 10.1 Å². The molecule has 0 heterocycles. The van der Waals surface area contributed by atoms with Gasteiger partial charge in [-0.2, -0.15) is 0 Å². The molecule has 100 valence electrons. The highest BCUT2D eigenvalue weighted by atomic mass is 16.5. The van der Waals surface area contributed by atoms with Gasteiger partial charge < -0.3 is 15.2 Å². The lowest BCUT2D eigenvalue weighted by Crippen LogP contribution is -2.31. The largest absolute Gasteiger partial charge is 0.483 e. The summed E-state index contributed by atoms with van der Waals surface area (Å²) in [5.41, 5.74) is 2.19. The number of carbonyl (C=O) groups is 1. The predicted molar refractivity (Wildman–Crippen MR) is 70.7 cm³/mol. The third-order valence-corrected chi connectivity index (χ3v) is 2.80. The predicted octanol–water partition coefficient (Wildman–Crippen LogP) is 1.57. The molecule has 0 aliphatic carbocycles. The van der Waals surface area contributed by atoms with E-state index in [9.17, 15) is 4.79 Å². The van der Waals surface area contributed by atoms with Crippen LogP contribution in [0.5, 0.6) is 5.75 Å². The van der Waals surface area contributed by atoms with E-state index in [1.54, 1.807) is 6.92 Å². The summed E-state index contributed by atoms with van der Waals surface area (Å²) in [4.78, 5) is 11.5. The molecule has 0 saturated carbocycles. The number of nitrogens with one attached hydrogen (secondary N) is 1. The summed E-state index contributed by atoms with van der Waals surface area (Å²) in [5.74, 6) is 0.567. The fraction of sp³-hybridized carbons (Fsp3) is 0.500. The van der Waals surface area contributed by atoms with Gasteiger partial charge >= 0.3 is 0 Å². The van der Waals surface area contributed by atoms with Crippen molar-refractivity contribution >= 4 is 5.91 Å². The van der Waals surface area contributed by atoms with E-state index >= 15 is 0 Å². The quantitative estimate of drug-likeness (QED) is 0.807. The van der Waals surface area contributed by atoms with Crippen molar-refractivity contribution in [2.24, 2.45) is 0 Å². The molecular weight excluding hydrogens is 230 g/mol. The minimum Gasteiger partial charge on any atom is -0.483 e. The number of aliphatic hydroxyl groups excluding tert-OH is 1. The summed E-state index contributed by atoms with van der Waals surface area (Å²) >= 11 is 0. The summed E-state index contributed by atoms with van der Waals surface area (Å²) in [5, 5.41) is 11.8. The molecule has 0 aliphatic heterocycles. The lowest BCUT2D eigenvalue weighted by Gasteiger charge is -2.11. The van der Waals surface area contributed by atoms with Crippen LogP contribution in [-0.2, 0) is 4.79 Å². The second-order valence-electron chi connectivity index (χ2n) is 4.47. The molecule has 4 nitrogen and oxygen atoms in total. The molecule has 1 atom stereocenters. The third kappa shape index (κ3) is 4.75. The Balaban J connectivity index is 2.36. The molecule has 18 heavy (non-hydrogen) atoms. The Morgan fingerprint density at radius 2 is 2.17 bits per heavy atom. The topological polar surface area (TPSA) is 58.6 Å². The van der Waals surface area contributed by atoms with Crippen LogP contribution in [0.25, 0.3) is 0 Å². The highest BCUT2D eigenvalue weighted by Gasteiger charge is 2.06. The van der Waals surface area contributed by atoms with Crippen LogP contribution in [0.1, 0.15) is 24.5 Å². The Morgan fingerprint density at radius 3 is 2.83 bits per heavy atom. The molecule has 0 spiro atoms. The van der Waals surface area contributed by atoms with Gasteiger partial charge in [0.15, 0.2) is 6.61 Å². The summed E-state index contributed by atoms with van der Waals surface area (Å²) in [6, 6.07) is 5.76. The Bertz CT molecular complexity index is 402. The molecule has 4 heteroatoms. The van der Waals surface area contributed by atoms with Crippen molar-refractivity contribution in [3.05, 3.63) is 29.3 Å². The highest BCUT2D eigenvalue weighted by Crippen LogP contribution is 2.20. The summed E-state index contributed by atoms with van der Waals surface area (Å²) in [7, 11) is 0. The van der Waals surface area contributed by atoms with Crippen LogP contribution in [0.15, 0.2) is 18.2 Å². The van der Waals surface area contributed by atoms with Gasteiger partial charge in [-0.15, -0.1) is 0 Å². The van der Waals surface area contributed by atoms with E-state index in [1.165, 1.54) is 0 Å². The van der Waals surface area contributed by atoms with Gasteiger partial charge in [0, 0.05) is 6.54 Å². The number of aryl methyl sites for hydroxylation is 1. The van der Waals surface area contributed by atoms with E-state index in [2.05, 4.69) is 5.32 Å². The SMILES string of the molecule is Cc1cccc(OCC(=O)NCCC(C)O)c1C. The van der Waals surface area contributed by atoms with Crippen LogP contribution in [0, 0.1) is 13.8 Å². The summed E-state index contributed by atoms with van der Waals surface area (Å²) in [6.07, 6.45) is 0.153. The first-order chi connectivity index (χ1) is 8.50. The van der Waals surface area contributed by atoms with Crippen LogP contribution in [-0.4, -0.2) is 30.3 Å². The van der Waals surface area contributed by atoms with Gasteiger partial charge in [-0.3, -0.25) is 4.79 Å². The van der Waals surface area contributed by atoms with Crippen LogP contribution in [0.2, 0.25) is 0 Å². The van der Waals surface area contributed by atoms with Gasteiger partial charge in [0.25, 0.3) is 5.91 Å². The Morgan fingerprint density at radius 1 is 1.44 bits per heavy atom. The maximum absolute atomic E-state index is 11.5. The normalized spacial score (nSPS) is 12.0. The van der Waals surface area contributed by atoms with Crippen molar-refractivity contribution < 1.29 is 14.6 Å². The lowest BCUT2D eigenvalue weighted by molar-refractivity contribution is -0.123. The minimum atomic E-state index is -0.398. The molecule has 1 amide bonds. The van der Waals surface area contributed by atoms with Gasteiger partial charge in [-0.05, 0) is 44.4 Å². The van der Waals surface area contributed by atoms with Crippen molar-refractivity contribution in [3.63, 3.8) is 0 Å². The smallest absolute Gasteiger partial charge is 0.257 e. The molecule has 0 aromatic heterocycles. The summed E-state index contributed by atoms with van der Waals surface area (Å²) < 4.78 is 5.46. The zero-order valence-corrected chi connectivity index (χ0v) is 11.2. The van der Waals surface area contributed by atoms with Gasteiger partial charge in [-0.25, -0.2) is 0 Å². The van der Waals surface area contributed by atoms with Crippen LogP contribution in [0.4, 0.5) is 0 Å². The molecule has 0 saturated heterocycles. The van der Waals surface area contributed by atoms with Gasteiger partial charge in [0.2, 0.25) is 0 Å². The summed E-state index contributed by atoms with van der Waals surface area (Å²) in [6.45, 7) is 6.14. The molecule has 0 fully saturated rings. The first-order valence-corrected chi connectivity index (χ1v) is 6.14. The molecule has 1 unspecified atom stereocenters. The van der Waals surface area contributed by atoms with Crippen molar-refractivity contribution in [2.45, 2.75) is 33.3 Å². The Hall–Kier alpha value is -1.55. The maximum Gasteiger partial charge on any atom is 0.257 e. The fourth-order valence-electron chi connectivity index (χ4n) is 1.50. The molecule has 1 aromatic rings. The van der Waals surface area contributed by atoms with Crippen molar-refractivity contribution in [1.29, 1.82) is 0 Å². The first kappa shape index (κ1) is 14.5. The first-order valence-electron chi connectivity index (χ1n) is 6.14. The molecule has 1 aromatic carbocycles. The number of aliphatic hydroxyl groups is 1. The second kappa shape index (κ2) is 7.01. The van der Waals surface area contributed by atoms with Crippen molar-refractivity contribution in [3.8, 4) is 5.75 Å². The highest BCUT2D eigenvalue weighted by molar-refractivity contribution is 5.77. The van der Waals surface area contributed by atoms with Gasteiger partial charge in [0.05, 0.1) is 6.10 Å². The second-order valence-corrected chi connectivity index (χ2v) is 4.47. The number of hydrogen-bond acceptors (Lipinski definition) is 3. The third-order valence-electron chi connectivity index (χ3n) is 2.80. The van der Waals surface area contributed by atoms with Crippen LogP contribution in [0.3, 0.4) is 0 Å². The number of hydrogen-bond donors (Lipinski definition) is 2. The van der Waals surface area contributed by atoms with Crippen molar-refractivity contribution in [2.75, 3.05) is 13.2 Å². The van der Waals surface area contributed by atoms with Crippen LogP contribution >= 0.6 is 0 Å². The molecule has 0 bridgehead atoms. The van der Waals surface area contributed by atoms with E-state index in [4.69, 9.17) is 9.84 Å². The van der Waals surface area contributed by atoms with E-state index in [0.717, 1.165) is 16.9 Å². The number of ether oxygens (including phenoxy) is 1. The number of carbonyl (C=O) groups excluding carboxylic acids is 1. The standard InChI is InChI=1S/C14H21NO3/c1-10-5-4-6-13(12(10)3)18-9-14(17)15-8-7-11(2)16/h4-6,11,16H,7-9H2,1-3H3,(H,15,17). The Labute approximate surface area is 108 Å². The number of benzene rings is 1. The molecule has 0 aliphatic rings. The van der Waals surface area contributed by atoms with E-state index in [-0.39, 0.29) is 12.5 Å². The average Bonchev–Trinajstić information content (AvgIpc) is 2.30. The lowest BCUT2D eigenvalue weighted by atomic mass is 10.1. The molecule has 2 N–H and O–H groups in total. The molecule has 1 rings (SSSR count). The number of amides is 1. The maximum atomic E-state index is 11.5. The Kier molecular flexibility index (Phi) is 5.65. The molecular formula is C14H21NO3. The van der Waals surface area contributed by atoms with Crippen molar-refractivity contribution in [1.82, 2.24) is 5.32 Å². The van der Waals surface area contributed by atoms with E-state index in [0.29, 0.717) is 13.0 Å². The minimum absolute atomic E-state index is 0.00407. The fourth-order valence-corrected chi connectivity index (χ4v) is 1.50. The van der Waals surface area contributed by atoms with Gasteiger partial charge in [0.1, 0.15) is 5.75 Å². The zero-order chi connectivity index (χ0) is 13.5. The van der Waals surface area contributed by atoms with E-state index < -0.39 is 6.10 Å². The zero-order valence-electron chi connectivity index (χ0n) is 11.2. The van der Waals surface area contributed by atoms with E-state index in [1.807, 2.05) is 32.0 Å². The van der Waals surface area contributed by atoms with Gasteiger partial charge in [-0.1, -0.05) is 12.1 Å². The molecule has 0 radical (unpaired) electrons. The number of rotatable bonds is 6.